The number of rotatable bonds is 8. The summed E-state index contributed by atoms with van der Waals surface area (Å²) in [5, 5.41) is 4.21. The van der Waals surface area contributed by atoms with Gasteiger partial charge in [0.2, 0.25) is 0 Å². The molecule has 10 heteroatoms. The van der Waals surface area contributed by atoms with Crippen LogP contribution in [0.5, 0.6) is 5.75 Å². The van der Waals surface area contributed by atoms with Crippen molar-refractivity contribution in [1.29, 1.82) is 0 Å². The van der Waals surface area contributed by atoms with Gasteiger partial charge in [-0.05, 0) is 40.1 Å². The van der Waals surface area contributed by atoms with Gasteiger partial charge in [-0.2, -0.15) is 5.10 Å². The van der Waals surface area contributed by atoms with Crippen molar-refractivity contribution in [3.8, 4) is 17.0 Å². The number of benzene rings is 1. The fraction of sp³-hybridized carbons (Fsp3) is 0.417. The molecule has 0 N–H and O–H groups in total. The van der Waals surface area contributed by atoms with Crippen LogP contribution in [0.1, 0.15) is 30.0 Å². The molecule has 0 unspecified atom stereocenters. The summed E-state index contributed by atoms with van der Waals surface area (Å²) in [6, 6.07) is 2.98. The average molecular weight is 471 g/mol. The molecule has 180 valence electrons. The molecule has 3 aromatic rings. The predicted octanol–water partition coefficient (Wildman–Crippen LogP) is 3.21. The van der Waals surface area contributed by atoms with E-state index >= 15 is 0 Å². The monoisotopic (exact) mass is 470 g/mol. The molecule has 0 atom stereocenters. The van der Waals surface area contributed by atoms with Crippen LogP contribution in [0.25, 0.3) is 11.3 Å². The normalized spacial score (nSPS) is 13.4. The number of halogens is 2. The second-order valence-corrected chi connectivity index (χ2v) is 8.82. The molecule has 0 fully saturated rings. The molecule has 0 saturated carbocycles. The summed E-state index contributed by atoms with van der Waals surface area (Å²) in [5.41, 5.74) is 1.18. The van der Waals surface area contributed by atoms with E-state index in [2.05, 4.69) is 15.1 Å². The minimum absolute atomic E-state index is 0.0598. The lowest BCUT2D eigenvalue weighted by molar-refractivity contribution is 0.0990. The van der Waals surface area contributed by atoms with Crippen molar-refractivity contribution >= 4 is 11.5 Å². The standard InChI is InChI=1S/C24H28F2N6O2/c1-15(2)32-7-8-34-24-18(25)9-16(10-20(24)32)23-19(26)13-27-22(29-23)11-21(33)17-12-28-31(14-17)6-5-30(3)4/h9-10,12-15H,5-8,11H2,1-4H3. The van der Waals surface area contributed by atoms with Gasteiger partial charge in [-0.1, -0.05) is 0 Å². The van der Waals surface area contributed by atoms with Gasteiger partial charge >= 0.3 is 0 Å². The minimum atomic E-state index is -0.695. The van der Waals surface area contributed by atoms with Crippen LogP contribution in [0.2, 0.25) is 0 Å². The van der Waals surface area contributed by atoms with E-state index in [1.807, 2.05) is 37.7 Å². The van der Waals surface area contributed by atoms with Crippen LogP contribution in [-0.2, 0) is 13.0 Å². The number of nitrogens with zero attached hydrogens (tertiary/aromatic N) is 6. The number of hydrogen-bond donors (Lipinski definition) is 0. The maximum absolute atomic E-state index is 14.8. The number of aromatic nitrogens is 4. The van der Waals surface area contributed by atoms with E-state index in [0.29, 0.717) is 30.9 Å². The number of likely N-dealkylation sites (N-methyl/N-ethyl adjacent to an activating group) is 1. The van der Waals surface area contributed by atoms with Gasteiger partial charge in [-0.25, -0.2) is 18.7 Å². The Hall–Kier alpha value is -3.40. The van der Waals surface area contributed by atoms with Crippen LogP contribution in [-0.4, -0.2) is 70.3 Å². The van der Waals surface area contributed by atoms with Crippen molar-refractivity contribution in [1.82, 2.24) is 24.6 Å². The Kier molecular flexibility index (Phi) is 6.87. The van der Waals surface area contributed by atoms with Crippen molar-refractivity contribution in [3.05, 3.63) is 53.7 Å². The van der Waals surface area contributed by atoms with Gasteiger partial charge in [-0.15, -0.1) is 0 Å². The van der Waals surface area contributed by atoms with Crippen molar-refractivity contribution in [2.75, 3.05) is 38.7 Å². The van der Waals surface area contributed by atoms with Crippen LogP contribution >= 0.6 is 0 Å². The van der Waals surface area contributed by atoms with E-state index in [1.54, 1.807) is 16.9 Å². The molecule has 2 aromatic heterocycles. The Morgan fingerprint density at radius 1 is 1.21 bits per heavy atom. The number of carbonyl (C=O) groups excluding carboxylic acids is 1. The van der Waals surface area contributed by atoms with E-state index in [4.69, 9.17) is 4.74 Å². The number of anilines is 1. The topological polar surface area (TPSA) is 76.4 Å². The van der Waals surface area contributed by atoms with Crippen LogP contribution < -0.4 is 9.64 Å². The maximum atomic E-state index is 14.8. The molecule has 8 nitrogen and oxygen atoms in total. The Labute approximate surface area is 197 Å². The van der Waals surface area contributed by atoms with Crippen LogP contribution in [0.15, 0.2) is 30.7 Å². The molecular formula is C24H28F2N6O2. The summed E-state index contributed by atoms with van der Waals surface area (Å²) in [7, 11) is 3.92. The zero-order valence-corrected chi connectivity index (χ0v) is 19.8. The van der Waals surface area contributed by atoms with Crippen molar-refractivity contribution in [3.63, 3.8) is 0 Å². The molecule has 1 aromatic carbocycles. The molecule has 0 radical (unpaired) electrons. The molecule has 0 amide bonds. The summed E-state index contributed by atoms with van der Waals surface area (Å²) in [4.78, 5) is 25.0. The predicted molar refractivity (Wildman–Crippen MR) is 124 cm³/mol. The molecule has 4 rings (SSSR count). The van der Waals surface area contributed by atoms with E-state index in [9.17, 15) is 13.6 Å². The first-order chi connectivity index (χ1) is 16.2. The minimum Gasteiger partial charge on any atom is -0.486 e. The number of Topliss-reactive ketones (excluding diaryl/α,β-unsaturated/α-hetero) is 1. The number of ether oxygens (including phenoxy) is 1. The lowest BCUT2D eigenvalue weighted by atomic mass is 10.1. The highest BCUT2D eigenvalue weighted by molar-refractivity contribution is 5.96. The summed E-state index contributed by atoms with van der Waals surface area (Å²) < 4.78 is 36.8. The van der Waals surface area contributed by atoms with Gasteiger partial charge in [0, 0.05) is 24.3 Å². The molecule has 1 aliphatic rings. The highest BCUT2D eigenvalue weighted by atomic mass is 19.1. The fourth-order valence-corrected chi connectivity index (χ4v) is 3.84. The first-order valence-corrected chi connectivity index (χ1v) is 11.2. The van der Waals surface area contributed by atoms with Gasteiger partial charge in [0.1, 0.15) is 18.1 Å². The van der Waals surface area contributed by atoms with Gasteiger partial charge < -0.3 is 14.5 Å². The largest absolute Gasteiger partial charge is 0.486 e. The van der Waals surface area contributed by atoms with E-state index < -0.39 is 11.6 Å². The maximum Gasteiger partial charge on any atom is 0.178 e. The van der Waals surface area contributed by atoms with Crippen molar-refractivity contribution in [2.45, 2.75) is 32.9 Å². The van der Waals surface area contributed by atoms with Gasteiger partial charge in [0.05, 0.1) is 43.2 Å². The number of carbonyl (C=O) groups is 1. The lowest BCUT2D eigenvalue weighted by Gasteiger charge is -2.34. The van der Waals surface area contributed by atoms with Gasteiger partial charge in [-0.3, -0.25) is 9.48 Å². The average Bonchev–Trinajstić information content (AvgIpc) is 3.28. The third kappa shape index (κ3) is 5.06. The Morgan fingerprint density at radius 3 is 2.74 bits per heavy atom. The summed E-state index contributed by atoms with van der Waals surface area (Å²) in [5.74, 6) is -1.21. The molecule has 0 bridgehead atoms. The molecule has 3 heterocycles. The number of ketones is 1. The number of hydrogen-bond acceptors (Lipinski definition) is 7. The first kappa shape index (κ1) is 23.7. The molecule has 1 aliphatic heterocycles. The van der Waals surface area contributed by atoms with Gasteiger partial charge in [0.25, 0.3) is 0 Å². The van der Waals surface area contributed by atoms with Crippen molar-refractivity contribution < 1.29 is 18.3 Å². The highest BCUT2D eigenvalue weighted by Gasteiger charge is 2.26. The third-order valence-corrected chi connectivity index (χ3v) is 5.65. The Morgan fingerprint density at radius 2 is 2.00 bits per heavy atom. The molecule has 0 aliphatic carbocycles. The lowest BCUT2D eigenvalue weighted by Crippen LogP contribution is -2.38. The molecule has 34 heavy (non-hydrogen) atoms. The van der Waals surface area contributed by atoms with Crippen molar-refractivity contribution in [2.24, 2.45) is 0 Å². The fourth-order valence-electron chi connectivity index (χ4n) is 3.84. The molecule has 0 spiro atoms. The summed E-state index contributed by atoms with van der Waals surface area (Å²) in [6.45, 7) is 6.41. The Balaban J connectivity index is 1.59. The van der Waals surface area contributed by atoms with Crippen LogP contribution in [0.4, 0.5) is 14.5 Å². The molecule has 0 saturated heterocycles. The van der Waals surface area contributed by atoms with E-state index in [-0.39, 0.29) is 41.1 Å². The smallest absolute Gasteiger partial charge is 0.178 e. The molecular weight excluding hydrogens is 442 g/mol. The second-order valence-electron chi connectivity index (χ2n) is 8.82. The Bertz CT molecular complexity index is 1190. The summed E-state index contributed by atoms with van der Waals surface area (Å²) >= 11 is 0. The summed E-state index contributed by atoms with van der Waals surface area (Å²) in [6.07, 6.45) is 4.07. The second kappa shape index (κ2) is 9.84. The zero-order valence-electron chi connectivity index (χ0n) is 19.8. The SMILES string of the molecule is CC(C)N1CCOc2c(F)cc(-c3nc(CC(=O)c4cnn(CCN(C)C)c4)ncc3F)cc21. The number of fused-ring (bicyclic) bond motifs is 1. The zero-order chi connectivity index (χ0) is 24.4. The highest BCUT2D eigenvalue weighted by Crippen LogP contribution is 2.39. The van der Waals surface area contributed by atoms with Gasteiger partial charge in [0.15, 0.2) is 23.2 Å². The van der Waals surface area contributed by atoms with E-state index in [1.165, 1.54) is 12.3 Å². The van der Waals surface area contributed by atoms with Crippen LogP contribution in [0.3, 0.4) is 0 Å². The van der Waals surface area contributed by atoms with Crippen LogP contribution in [0, 0.1) is 11.6 Å². The third-order valence-electron chi connectivity index (χ3n) is 5.65. The quantitative estimate of drug-likeness (QED) is 0.468. The van der Waals surface area contributed by atoms with E-state index in [0.717, 1.165) is 12.7 Å². The first-order valence-electron chi connectivity index (χ1n) is 11.2.